The van der Waals surface area contributed by atoms with Crippen molar-refractivity contribution in [1.82, 2.24) is 5.32 Å². The number of nitrogens with one attached hydrogen (secondary N) is 1. The Kier molecular flexibility index (Phi) is 3.97. The Labute approximate surface area is 106 Å². The second kappa shape index (κ2) is 5.67. The Hall–Kier alpha value is -1.84. The van der Waals surface area contributed by atoms with E-state index in [4.69, 9.17) is 4.74 Å². The van der Waals surface area contributed by atoms with Crippen molar-refractivity contribution in [3.05, 3.63) is 29.3 Å². The van der Waals surface area contributed by atoms with Gasteiger partial charge >= 0.3 is 0 Å². The van der Waals surface area contributed by atoms with Gasteiger partial charge in [0.1, 0.15) is 5.75 Å². The monoisotopic (exact) mass is 247 g/mol. The molecule has 1 amide bonds. The molecule has 0 aliphatic heterocycles. The molecule has 4 nitrogen and oxygen atoms in total. The van der Waals surface area contributed by atoms with Crippen LogP contribution in [0.2, 0.25) is 0 Å². The summed E-state index contributed by atoms with van der Waals surface area (Å²) in [5.41, 5.74) is 1.54. The maximum Gasteiger partial charge on any atom is 0.223 e. The highest BCUT2D eigenvalue weighted by molar-refractivity contribution is 5.80. The number of aldehydes is 1. The minimum atomic E-state index is 0.0114. The smallest absolute Gasteiger partial charge is 0.223 e. The summed E-state index contributed by atoms with van der Waals surface area (Å²) in [6, 6.07) is 5.79. The van der Waals surface area contributed by atoms with Crippen LogP contribution in [0.1, 0.15) is 35.2 Å². The molecule has 1 saturated carbocycles. The molecular weight excluding hydrogens is 230 g/mol. The Morgan fingerprint density at radius 3 is 2.94 bits per heavy atom. The van der Waals surface area contributed by atoms with E-state index in [1.54, 1.807) is 12.1 Å². The summed E-state index contributed by atoms with van der Waals surface area (Å²) in [5.74, 6) is 0.548. The quantitative estimate of drug-likeness (QED) is 0.780. The van der Waals surface area contributed by atoms with E-state index < -0.39 is 0 Å². The van der Waals surface area contributed by atoms with E-state index >= 15 is 0 Å². The second-order valence-corrected chi connectivity index (χ2v) is 4.60. The number of benzene rings is 1. The van der Waals surface area contributed by atoms with Crippen LogP contribution in [0.4, 0.5) is 0 Å². The van der Waals surface area contributed by atoms with Gasteiger partial charge in [0.15, 0.2) is 6.29 Å². The number of amides is 1. The van der Waals surface area contributed by atoms with Crippen molar-refractivity contribution in [3.8, 4) is 5.75 Å². The molecule has 0 heterocycles. The molecule has 0 radical (unpaired) electrons. The molecule has 0 unspecified atom stereocenters. The van der Waals surface area contributed by atoms with E-state index in [-0.39, 0.29) is 5.91 Å². The maximum absolute atomic E-state index is 11.4. The van der Waals surface area contributed by atoms with Crippen molar-refractivity contribution >= 4 is 12.2 Å². The summed E-state index contributed by atoms with van der Waals surface area (Å²) in [7, 11) is 0. The lowest BCUT2D eigenvalue weighted by atomic mass is 10.1. The van der Waals surface area contributed by atoms with Gasteiger partial charge in [-0.1, -0.05) is 11.6 Å². The fourth-order valence-corrected chi connectivity index (χ4v) is 1.67. The Morgan fingerprint density at radius 2 is 2.28 bits per heavy atom. The zero-order valence-electron chi connectivity index (χ0n) is 10.4. The van der Waals surface area contributed by atoms with Gasteiger partial charge in [-0.25, -0.2) is 0 Å². The highest BCUT2D eigenvalue weighted by Crippen LogP contribution is 2.19. The van der Waals surface area contributed by atoms with Crippen LogP contribution in [0, 0.1) is 6.92 Å². The first-order valence-electron chi connectivity index (χ1n) is 6.17. The van der Waals surface area contributed by atoms with Crippen molar-refractivity contribution in [2.24, 2.45) is 0 Å². The fraction of sp³-hybridized carbons (Fsp3) is 0.429. The lowest BCUT2D eigenvalue weighted by Gasteiger charge is -2.09. The average Bonchev–Trinajstić information content (AvgIpc) is 3.14. The maximum atomic E-state index is 11.4. The molecule has 1 aromatic carbocycles. The first kappa shape index (κ1) is 12.6. The van der Waals surface area contributed by atoms with Crippen LogP contribution < -0.4 is 10.1 Å². The Morgan fingerprint density at radius 1 is 1.50 bits per heavy atom. The highest BCUT2D eigenvalue weighted by Gasteiger charge is 2.22. The van der Waals surface area contributed by atoms with Gasteiger partial charge in [0.25, 0.3) is 0 Å². The number of rotatable bonds is 6. The van der Waals surface area contributed by atoms with E-state index in [0.29, 0.717) is 30.4 Å². The normalized spacial score (nSPS) is 14.1. The summed E-state index contributed by atoms with van der Waals surface area (Å²) in [4.78, 5) is 22.3. The summed E-state index contributed by atoms with van der Waals surface area (Å²) < 4.78 is 5.46. The van der Waals surface area contributed by atoms with E-state index in [1.165, 1.54) is 0 Å². The van der Waals surface area contributed by atoms with Crippen molar-refractivity contribution < 1.29 is 14.3 Å². The molecule has 4 heteroatoms. The fourth-order valence-electron chi connectivity index (χ4n) is 1.67. The third-order valence-electron chi connectivity index (χ3n) is 2.82. The summed E-state index contributed by atoms with van der Waals surface area (Å²) in [6.07, 6.45) is 3.26. The van der Waals surface area contributed by atoms with Crippen molar-refractivity contribution in [1.29, 1.82) is 0 Å². The lowest BCUT2D eigenvalue weighted by Crippen LogP contribution is -2.26. The Bertz CT molecular complexity index is 452. The summed E-state index contributed by atoms with van der Waals surface area (Å²) in [5, 5.41) is 2.89. The van der Waals surface area contributed by atoms with Crippen LogP contribution in [-0.4, -0.2) is 24.8 Å². The third-order valence-corrected chi connectivity index (χ3v) is 2.82. The van der Waals surface area contributed by atoms with Crippen LogP contribution in [0.15, 0.2) is 18.2 Å². The molecule has 1 fully saturated rings. The standard InChI is InChI=1S/C14H17NO3/c1-10-2-5-13(11(8-10)9-16)18-7-6-14(17)15-12-3-4-12/h2,5,8-9,12H,3-4,6-7H2,1H3,(H,15,17). The van der Waals surface area contributed by atoms with Gasteiger partial charge in [0, 0.05) is 6.04 Å². The number of hydrogen-bond acceptors (Lipinski definition) is 3. The first-order chi connectivity index (χ1) is 8.69. The van der Waals surface area contributed by atoms with E-state index in [1.807, 2.05) is 13.0 Å². The summed E-state index contributed by atoms with van der Waals surface area (Å²) in [6.45, 7) is 2.21. The number of carbonyl (C=O) groups is 2. The summed E-state index contributed by atoms with van der Waals surface area (Å²) >= 11 is 0. The number of aryl methyl sites for hydroxylation is 1. The van der Waals surface area contributed by atoms with Gasteiger partial charge in [-0.05, 0) is 31.9 Å². The zero-order chi connectivity index (χ0) is 13.0. The van der Waals surface area contributed by atoms with Gasteiger partial charge in [0.05, 0.1) is 18.6 Å². The van der Waals surface area contributed by atoms with Crippen LogP contribution in [0.3, 0.4) is 0 Å². The Balaban J connectivity index is 1.81. The predicted octanol–water partition coefficient (Wildman–Crippen LogP) is 1.86. The molecule has 1 N–H and O–H groups in total. The topological polar surface area (TPSA) is 55.4 Å². The largest absolute Gasteiger partial charge is 0.492 e. The van der Waals surface area contributed by atoms with Crippen LogP contribution in [0.25, 0.3) is 0 Å². The molecule has 0 spiro atoms. The minimum Gasteiger partial charge on any atom is -0.492 e. The number of ether oxygens (including phenoxy) is 1. The van der Waals surface area contributed by atoms with Gasteiger partial charge in [0.2, 0.25) is 5.91 Å². The highest BCUT2D eigenvalue weighted by atomic mass is 16.5. The van der Waals surface area contributed by atoms with Crippen molar-refractivity contribution in [3.63, 3.8) is 0 Å². The molecule has 0 atom stereocenters. The van der Waals surface area contributed by atoms with E-state index in [9.17, 15) is 9.59 Å². The third kappa shape index (κ3) is 3.58. The molecule has 1 aromatic rings. The van der Waals surface area contributed by atoms with Crippen LogP contribution in [-0.2, 0) is 4.79 Å². The molecule has 0 saturated heterocycles. The van der Waals surface area contributed by atoms with Gasteiger partial charge in [-0.2, -0.15) is 0 Å². The lowest BCUT2D eigenvalue weighted by molar-refractivity contribution is -0.121. The van der Waals surface area contributed by atoms with Crippen LogP contribution >= 0.6 is 0 Å². The second-order valence-electron chi connectivity index (χ2n) is 4.60. The van der Waals surface area contributed by atoms with Gasteiger partial charge < -0.3 is 10.1 Å². The molecule has 96 valence electrons. The van der Waals surface area contributed by atoms with Gasteiger partial charge in [-0.15, -0.1) is 0 Å². The number of carbonyl (C=O) groups excluding carboxylic acids is 2. The van der Waals surface area contributed by atoms with E-state index in [2.05, 4.69) is 5.32 Å². The molecule has 0 bridgehead atoms. The van der Waals surface area contributed by atoms with E-state index in [0.717, 1.165) is 24.7 Å². The minimum absolute atomic E-state index is 0.0114. The van der Waals surface area contributed by atoms with Crippen molar-refractivity contribution in [2.75, 3.05) is 6.61 Å². The van der Waals surface area contributed by atoms with Crippen molar-refractivity contribution in [2.45, 2.75) is 32.2 Å². The molecule has 18 heavy (non-hydrogen) atoms. The molecular formula is C14H17NO3. The molecule has 0 aromatic heterocycles. The number of hydrogen-bond donors (Lipinski definition) is 1. The molecule has 1 aliphatic rings. The molecule has 2 rings (SSSR count). The predicted molar refractivity (Wildman–Crippen MR) is 67.8 cm³/mol. The molecule has 1 aliphatic carbocycles. The average molecular weight is 247 g/mol. The SMILES string of the molecule is Cc1ccc(OCCC(=O)NC2CC2)c(C=O)c1. The van der Waals surface area contributed by atoms with Crippen LogP contribution in [0.5, 0.6) is 5.75 Å². The van der Waals surface area contributed by atoms with Gasteiger partial charge in [-0.3, -0.25) is 9.59 Å². The zero-order valence-corrected chi connectivity index (χ0v) is 10.4. The first-order valence-corrected chi connectivity index (χ1v) is 6.17.